The fourth-order valence-corrected chi connectivity index (χ4v) is 2.89. The molecule has 0 saturated carbocycles. The van der Waals surface area contributed by atoms with Crippen molar-refractivity contribution in [2.24, 2.45) is 0 Å². The van der Waals surface area contributed by atoms with E-state index in [9.17, 15) is 9.59 Å². The first kappa shape index (κ1) is 18.7. The first-order chi connectivity index (χ1) is 13.2. The summed E-state index contributed by atoms with van der Waals surface area (Å²) in [6.07, 6.45) is 4.66. The molecule has 1 aromatic carbocycles. The quantitative estimate of drug-likeness (QED) is 0.588. The van der Waals surface area contributed by atoms with Gasteiger partial charge in [0, 0.05) is 19.4 Å². The van der Waals surface area contributed by atoms with Crippen molar-refractivity contribution in [3.05, 3.63) is 70.8 Å². The van der Waals surface area contributed by atoms with Crippen LogP contribution in [0, 0.1) is 0 Å². The number of hydrogen-bond acceptors (Lipinski definition) is 4. The Labute approximate surface area is 157 Å². The fraction of sp³-hybridized carbons (Fsp3) is 0.350. The van der Waals surface area contributed by atoms with Crippen molar-refractivity contribution in [2.75, 3.05) is 6.54 Å². The van der Waals surface area contributed by atoms with Crippen LogP contribution in [0.15, 0.2) is 57.9 Å². The maximum atomic E-state index is 12.8. The number of furan rings is 1. The van der Waals surface area contributed by atoms with Gasteiger partial charge in [0.05, 0.1) is 12.0 Å². The zero-order valence-electron chi connectivity index (χ0n) is 15.4. The van der Waals surface area contributed by atoms with E-state index in [1.165, 1.54) is 9.25 Å². The van der Waals surface area contributed by atoms with E-state index < -0.39 is 0 Å². The SMILES string of the molecule is CCCc1nn(-c2ccccc2)c(=O)n1CC(=O)NCCCc1ccco1. The molecule has 0 fully saturated rings. The fourth-order valence-electron chi connectivity index (χ4n) is 2.89. The highest BCUT2D eigenvalue weighted by molar-refractivity contribution is 5.75. The van der Waals surface area contributed by atoms with Gasteiger partial charge in [0.2, 0.25) is 5.91 Å². The third kappa shape index (κ3) is 4.75. The first-order valence-electron chi connectivity index (χ1n) is 9.22. The van der Waals surface area contributed by atoms with Crippen molar-refractivity contribution in [3.8, 4) is 5.69 Å². The molecule has 0 saturated heterocycles. The van der Waals surface area contributed by atoms with Crippen LogP contribution >= 0.6 is 0 Å². The molecule has 0 atom stereocenters. The lowest BCUT2D eigenvalue weighted by Crippen LogP contribution is -2.34. The van der Waals surface area contributed by atoms with Gasteiger partial charge in [-0.3, -0.25) is 9.36 Å². The summed E-state index contributed by atoms with van der Waals surface area (Å²) in [5.74, 6) is 1.33. The minimum atomic E-state index is -0.296. The normalized spacial score (nSPS) is 10.9. The third-order valence-corrected chi connectivity index (χ3v) is 4.22. The van der Waals surface area contributed by atoms with Crippen LogP contribution in [0.1, 0.15) is 31.4 Å². The lowest BCUT2D eigenvalue weighted by atomic mass is 10.2. The topological polar surface area (TPSA) is 82.1 Å². The van der Waals surface area contributed by atoms with Crippen molar-refractivity contribution >= 4 is 5.91 Å². The van der Waals surface area contributed by atoms with E-state index >= 15 is 0 Å². The zero-order valence-corrected chi connectivity index (χ0v) is 15.4. The van der Waals surface area contributed by atoms with Gasteiger partial charge in [-0.05, 0) is 37.1 Å². The van der Waals surface area contributed by atoms with Crippen molar-refractivity contribution in [2.45, 2.75) is 39.2 Å². The number of nitrogens with one attached hydrogen (secondary N) is 1. The highest BCUT2D eigenvalue weighted by Gasteiger charge is 2.16. The van der Waals surface area contributed by atoms with Crippen LogP contribution in [0.3, 0.4) is 0 Å². The molecule has 0 spiro atoms. The van der Waals surface area contributed by atoms with Crippen LogP contribution in [-0.4, -0.2) is 26.8 Å². The number of aromatic nitrogens is 3. The van der Waals surface area contributed by atoms with Gasteiger partial charge in [-0.15, -0.1) is 5.10 Å². The summed E-state index contributed by atoms with van der Waals surface area (Å²) >= 11 is 0. The minimum Gasteiger partial charge on any atom is -0.469 e. The van der Waals surface area contributed by atoms with Gasteiger partial charge < -0.3 is 9.73 Å². The van der Waals surface area contributed by atoms with Crippen molar-refractivity contribution in [1.29, 1.82) is 0 Å². The summed E-state index contributed by atoms with van der Waals surface area (Å²) in [7, 11) is 0. The molecule has 3 rings (SSSR count). The Morgan fingerprint density at radius 2 is 1.96 bits per heavy atom. The zero-order chi connectivity index (χ0) is 19.1. The molecule has 0 radical (unpaired) electrons. The molecule has 27 heavy (non-hydrogen) atoms. The van der Waals surface area contributed by atoms with E-state index in [4.69, 9.17) is 4.42 Å². The summed E-state index contributed by atoms with van der Waals surface area (Å²) < 4.78 is 8.08. The standard InChI is InChI=1S/C20H24N4O3/c1-2-8-18-22-24(16-9-4-3-5-10-16)20(26)23(18)15-19(25)21-13-6-11-17-12-7-14-27-17/h3-5,7,9-10,12,14H,2,6,8,11,13,15H2,1H3,(H,21,25). The lowest BCUT2D eigenvalue weighted by molar-refractivity contribution is -0.121. The molecule has 1 N–H and O–H groups in total. The number of aryl methyl sites for hydroxylation is 2. The Hall–Kier alpha value is -3.09. The minimum absolute atomic E-state index is 0.0260. The number of rotatable bonds is 9. The Kier molecular flexibility index (Phi) is 6.25. The van der Waals surface area contributed by atoms with Crippen molar-refractivity contribution in [1.82, 2.24) is 19.7 Å². The van der Waals surface area contributed by atoms with Crippen molar-refractivity contribution < 1.29 is 9.21 Å². The Balaban J connectivity index is 1.65. The molecule has 0 unspecified atom stereocenters. The Morgan fingerprint density at radius 3 is 2.67 bits per heavy atom. The molecule has 2 aromatic heterocycles. The molecular formula is C20H24N4O3. The molecule has 0 aliphatic rings. The third-order valence-electron chi connectivity index (χ3n) is 4.22. The van der Waals surface area contributed by atoms with Crippen LogP contribution in [0.4, 0.5) is 0 Å². The van der Waals surface area contributed by atoms with E-state index in [0.717, 1.165) is 25.0 Å². The molecule has 142 valence electrons. The second-order valence-corrected chi connectivity index (χ2v) is 6.32. The first-order valence-corrected chi connectivity index (χ1v) is 9.22. The Morgan fingerprint density at radius 1 is 1.15 bits per heavy atom. The average molecular weight is 368 g/mol. The number of carbonyl (C=O) groups is 1. The monoisotopic (exact) mass is 368 g/mol. The summed E-state index contributed by atoms with van der Waals surface area (Å²) in [5, 5.41) is 7.29. The van der Waals surface area contributed by atoms with Crippen LogP contribution in [-0.2, 0) is 24.2 Å². The van der Waals surface area contributed by atoms with Crippen LogP contribution in [0.25, 0.3) is 5.69 Å². The highest BCUT2D eigenvalue weighted by Crippen LogP contribution is 2.06. The van der Waals surface area contributed by atoms with Crippen LogP contribution < -0.4 is 11.0 Å². The number of carbonyl (C=O) groups excluding carboxylic acids is 1. The van der Waals surface area contributed by atoms with Gasteiger partial charge in [-0.25, -0.2) is 4.79 Å². The number of benzene rings is 1. The van der Waals surface area contributed by atoms with E-state index in [0.29, 0.717) is 24.5 Å². The summed E-state index contributed by atoms with van der Waals surface area (Å²) in [6, 6.07) is 13.0. The molecule has 0 aliphatic heterocycles. The number of amides is 1. The maximum Gasteiger partial charge on any atom is 0.351 e. The maximum absolute atomic E-state index is 12.8. The lowest BCUT2D eigenvalue weighted by Gasteiger charge is -2.06. The number of nitrogens with zero attached hydrogens (tertiary/aromatic N) is 3. The summed E-state index contributed by atoms with van der Waals surface area (Å²) in [5.41, 5.74) is 0.396. The molecule has 7 heteroatoms. The van der Waals surface area contributed by atoms with Gasteiger partial charge in [-0.1, -0.05) is 25.1 Å². The van der Waals surface area contributed by atoms with Crippen LogP contribution in [0.5, 0.6) is 0 Å². The molecular weight excluding hydrogens is 344 g/mol. The van der Waals surface area contributed by atoms with Crippen molar-refractivity contribution in [3.63, 3.8) is 0 Å². The van der Waals surface area contributed by atoms with E-state index in [1.54, 1.807) is 6.26 Å². The largest absolute Gasteiger partial charge is 0.469 e. The van der Waals surface area contributed by atoms with E-state index in [2.05, 4.69) is 10.4 Å². The summed E-state index contributed by atoms with van der Waals surface area (Å²) in [4.78, 5) is 25.1. The summed E-state index contributed by atoms with van der Waals surface area (Å²) in [6.45, 7) is 2.52. The highest BCUT2D eigenvalue weighted by atomic mass is 16.3. The number of hydrogen-bond donors (Lipinski definition) is 1. The molecule has 0 aliphatic carbocycles. The van der Waals surface area contributed by atoms with Gasteiger partial charge in [0.25, 0.3) is 0 Å². The molecule has 0 bridgehead atoms. The Bertz CT molecular complexity index is 911. The molecule has 7 nitrogen and oxygen atoms in total. The van der Waals surface area contributed by atoms with E-state index in [-0.39, 0.29) is 18.1 Å². The second kappa shape index (κ2) is 9.02. The van der Waals surface area contributed by atoms with Crippen LogP contribution in [0.2, 0.25) is 0 Å². The second-order valence-electron chi connectivity index (χ2n) is 6.32. The smallest absolute Gasteiger partial charge is 0.351 e. The predicted molar refractivity (Wildman–Crippen MR) is 102 cm³/mol. The van der Waals surface area contributed by atoms with Gasteiger partial charge in [0.1, 0.15) is 18.1 Å². The van der Waals surface area contributed by atoms with Gasteiger partial charge in [0.15, 0.2) is 0 Å². The number of para-hydroxylation sites is 1. The average Bonchev–Trinajstić information content (AvgIpc) is 3.30. The molecule has 3 aromatic rings. The molecule has 1 amide bonds. The van der Waals surface area contributed by atoms with Gasteiger partial charge >= 0.3 is 5.69 Å². The molecule has 2 heterocycles. The van der Waals surface area contributed by atoms with E-state index in [1.807, 2.05) is 49.4 Å². The predicted octanol–water partition coefficient (Wildman–Crippen LogP) is 2.33. The van der Waals surface area contributed by atoms with Gasteiger partial charge in [-0.2, -0.15) is 4.68 Å².